The molecule has 0 unspecified atom stereocenters. The SMILES string of the molecule is COc1c([N+](=O)[O-])cc(N2C(=O)C3=C(CCCC3)C2=O)c(F)c1[N+](=O)[O-]. The van der Waals surface area contributed by atoms with Gasteiger partial charge in [-0.2, -0.15) is 4.39 Å². The second-order valence-electron chi connectivity index (χ2n) is 5.73. The van der Waals surface area contributed by atoms with Gasteiger partial charge in [-0.05, 0) is 25.7 Å². The van der Waals surface area contributed by atoms with Crippen LogP contribution >= 0.6 is 0 Å². The average molecular weight is 365 g/mol. The smallest absolute Gasteiger partial charge is 0.355 e. The van der Waals surface area contributed by atoms with E-state index in [0.717, 1.165) is 7.11 Å². The number of rotatable bonds is 4. The van der Waals surface area contributed by atoms with Crippen molar-refractivity contribution in [3.8, 4) is 5.75 Å². The summed E-state index contributed by atoms with van der Waals surface area (Å²) in [5, 5.41) is 22.5. The number of imide groups is 1. The number of carbonyl (C=O) groups excluding carboxylic acids is 2. The molecule has 2 amide bonds. The Labute approximate surface area is 145 Å². The summed E-state index contributed by atoms with van der Waals surface area (Å²) < 4.78 is 19.4. The van der Waals surface area contributed by atoms with Gasteiger partial charge in [0.15, 0.2) is 0 Å². The number of methoxy groups -OCH3 is 1. The van der Waals surface area contributed by atoms with Crippen LogP contribution in [0.3, 0.4) is 0 Å². The highest BCUT2D eigenvalue weighted by Gasteiger charge is 2.44. The number of nitro groups is 2. The maximum Gasteiger partial charge on any atom is 0.355 e. The fraction of sp³-hybridized carbons (Fsp3) is 0.333. The predicted octanol–water partition coefficient (Wildman–Crippen LogP) is 2.39. The van der Waals surface area contributed by atoms with Crippen molar-refractivity contribution in [2.45, 2.75) is 25.7 Å². The molecule has 0 saturated carbocycles. The molecule has 1 aliphatic carbocycles. The van der Waals surface area contributed by atoms with Crippen LogP contribution in [0.2, 0.25) is 0 Å². The molecular formula is C15H12FN3O7. The summed E-state index contributed by atoms with van der Waals surface area (Å²) in [4.78, 5) is 45.7. The minimum atomic E-state index is -1.54. The molecule has 0 radical (unpaired) electrons. The van der Waals surface area contributed by atoms with Gasteiger partial charge in [-0.25, -0.2) is 4.90 Å². The van der Waals surface area contributed by atoms with Crippen LogP contribution in [0.1, 0.15) is 25.7 Å². The van der Waals surface area contributed by atoms with Crippen molar-refractivity contribution in [2.75, 3.05) is 12.0 Å². The predicted molar refractivity (Wildman–Crippen MR) is 84.2 cm³/mol. The number of ether oxygens (including phenoxy) is 1. The zero-order chi connectivity index (χ0) is 19.2. The van der Waals surface area contributed by atoms with Crippen LogP contribution in [0, 0.1) is 26.0 Å². The molecular weight excluding hydrogens is 353 g/mol. The molecule has 1 aromatic carbocycles. The highest BCUT2D eigenvalue weighted by atomic mass is 19.1. The quantitative estimate of drug-likeness (QED) is 0.454. The highest BCUT2D eigenvalue weighted by molar-refractivity contribution is 6.33. The Morgan fingerprint density at radius 2 is 1.62 bits per heavy atom. The summed E-state index contributed by atoms with van der Waals surface area (Å²) in [5.41, 5.74) is -2.60. The van der Waals surface area contributed by atoms with Gasteiger partial charge in [0.05, 0.1) is 17.0 Å². The summed E-state index contributed by atoms with van der Waals surface area (Å²) in [6, 6.07) is 0.607. The lowest BCUT2D eigenvalue weighted by Gasteiger charge is -2.16. The largest absolute Gasteiger partial charge is 0.485 e. The van der Waals surface area contributed by atoms with E-state index < -0.39 is 50.3 Å². The molecule has 10 nitrogen and oxygen atoms in total. The van der Waals surface area contributed by atoms with E-state index in [1.807, 2.05) is 0 Å². The Morgan fingerprint density at radius 1 is 1.08 bits per heavy atom. The topological polar surface area (TPSA) is 133 Å². The number of hydrogen-bond donors (Lipinski definition) is 0. The van der Waals surface area contributed by atoms with Gasteiger partial charge in [0.25, 0.3) is 17.6 Å². The molecule has 136 valence electrons. The van der Waals surface area contributed by atoms with Gasteiger partial charge in [0.2, 0.25) is 5.82 Å². The van der Waals surface area contributed by atoms with Gasteiger partial charge in [-0.3, -0.25) is 29.8 Å². The zero-order valence-corrected chi connectivity index (χ0v) is 13.5. The van der Waals surface area contributed by atoms with Crippen LogP contribution in [0.25, 0.3) is 0 Å². The average Bonchev–Trinajstić information content (AvgIpc) is 2.85. The third kappa shape index (κ3) is 2.39. The first kappa shape index (κ1) is 17.5. The van der Waals surface area contributed by atoms with Crippen molar-refractivity contribution in [1.29, 1.82) is 0 Å². The first-order chi connectivity index (χ1) is 12.3. The molecule has 0 saturated heterocycles. The number of amides is 2. The Kier molecular flexibility index (Phi) is 4.14. The van der Waals surface area contributed by atoms with Gasteiger partial charge in [-0.1, -0.05) is 0 Å². The normalized spacial score (nSPS) is 16.8. The number of carbonyl (C=O) groups is 2. The van der Waals surface area contributed by atoms with Crippen molar-refractivity contribution in [2.24, 2.45) is 0 Å². The third-order valence-electron chi connectivity index (χ3n) is 4.37. The van der Waals surface area contributed by atoms with E-state index in [-0.39, 0.29) is 11.1 Å². The van der Waals surface area contributed by atoms with E-state index in [4.69, 9.17) is 0 Å². The molecule has 1 aromatic rings. The van der Waals surface area contributed by atoms with E-state index in [1.54, 1.807) is 0 Å². The van der Waals surface area contributed by atoms with Crippen LogP contribution in [0.5, 0.6) is 5.75 Å². The fourth-order valence-corrected chi connectivity index (χ4v) is 3.22. The molecule has 0 N–H and O–H groups in total. The number of benzene rings is 1. The van der Waals surface area contributed by atoms with Crippen molar-refractivity contribution < 1.29 is 28.6 Å². The van der Waals surface area contributed by atoms with E-state index >= 15 is 0 Å². The minimum Gasteiger partial charge on any atom is -0.485 e. The standard InChI is InChI=1S/C15H12FN3O7/c1-26-13-10(18(22)23)6-9(11(16)12(13)19(24)25)17-14(20)7-4-2-3-5-8(7)15(17)21/h6H,2-5H2,1H3. The van der Waals surface area contributed by atoms with Crippen LogP contribution in [-0.2, 0) is 9.59 Å². The van der Waals surface area contributed by atoms with Gasteiger partial charge in [0, 0.05) is 17.2 Å². The summed E-state index contributed by atoms with van der Waals surface area (Å²) >= 11 is 0. The van der Waals surface area contributed by atoms with E-state index in [9.17, 15) is 34.2 Å². The van der Waals surface area contributed by atoms with Crippen molar-refractivity contribution >= 4 is 28.9 Å². The first-order valence-corrected chi connectivity index (χ1v) is 7.59. The van der Waals surface area contributed by atoms with Crippen LogP contribution < -0.4 is 9.64 Å². The highest BCUT2D eigenvalue weighted by Crippen LogP contribution is 2.45. The molecule has 1 heterocycles. The molecule has 0 fully saturated rings. The number of anilines is 1. The van der Waals surface area contributed by atoms with E-state index in [0.29, 0.717) is 36.6 Å². The maximum absolute atomic E-state index is 14.8. The molecule has 11 heteroatoms. The summed E-state index contributed by atoms with van der Waals surface area (Å²) in [6.07, 6.45) is 2.02. The lowest BCUT2D eigenvalue weighted by atomic mass is 9.93. The summed E-state index contributed by atoms with van der Waals surface area (Å²) in [7, 11) is 0.918. The lowest BCUT2D eigenvalue weighted by molar-refractivity contribution is -0.397. The molecule has 0 spiro atoms. The minimum absolute atomic E-state index is 0.224. The van der Waals surface area contributed by atoms with E-state index in [2.05, 4.69) is 4.74 Å². The lowest BCUT2D eigenvalue weighted by Crippen LogP contribution is -2.32. The fourth-order valence-electron chi connectivity index (χ4n) is 3.22. The Hall–Kier alpha value is -3.37. The molecule has 1 aliphatic heterocycles. The van der Waals surface area contributed by atoms with Gasteiger partial charge in [0.1, 0.15) is 5.69 Å². The Morgan fingerprint density at radius 3 is 2.04 bits per heavy atom. The van der Waals surface area contributed by atoms with Gasteiger partial charge >= 0.3 is 11.4 Å². The zero-order valence-electron chi connectivity index (χ0n) is 13.5. The molecule has 0 bridgehead atoms. The van der Waals surface area contributed by atoms with Gasteiger partial charge in [-0.15, -0.1) is 0 Å². The number of halogens is 1. The number of nitrogens with zero attached hydrogens (tertiary/aromatic N) is 3. The monoisotopic (exact) mass is 365 g/mol. The second-order valence-corrected chi connectivity index (χ2v) is 5.73. The molecule has 0 atom stereocenters. The van der Waals surface area contributed by atoms with Crippen molar-refractivity contribution in [3.63, 3.8) is 0 Å². The van der Waals surface area contributed by atoms with Crippen LogP contribution in [-0.4, -0.2) is 28.8 Å². The molecule has 2 aliphatic rings. The van der Waals surface area contributed by atoms with Crippen molar-refractivity contribution in [1.82, 2.24) is 0 Å². The second kappa shape index (κ2) is 6.17. The number of hydrogen-bond acceptors (Lipinski definition) is 7. The van der Waals surface area contributed by atoms with Crippen LogP contribution in [0.4, 0.5) is 21.5 Å². The maximum atomic E-state index is 14.8. The van der Waals surface area contributed by atoms with Crippen molar-refractivity contribution in [3.05, 3.63) is 43.3 Å². The Balaban J connectivity index is 2.23. The molecule has 0 aromatic heterocycles. The molecule has 26 heavy (non-hydrogen) atoms. The summed E-state index contributed by atoms with van der Waals surface area (Å²) in [5.74, 6) is -4.05. The Bertz CT molecular complexity index is 881. The van der Waals surface area contributed by atoms with Crippen LogP contribution in [0.15, 0.2) is 17.2 Å². The number of nitro benzene ring substituents is 2. The molecule has 3 rings (SSSR count). The third-order valence-corrected chi connectivity index (χ3v) is 4.37. The van der Waals surface area contributed by atoms with E-state index in [1.165, 1.54) is 0 Å². The summed E-state index contributed by atoms with van der Waals surface area (Å²) in [6.45, 7) is 0. The van der Waals surface area contributed by atoms with Gasteiger partial charge < -0.3 is 4.74 Å². The first-order valence-electron chi connectivity index (χ1n) is 7.59.